The van der Waals surface area contributed by atoms with E-state index in [1.165, 1.54) is 0 Å². The molecule has 2 heterocycles. The number of piperidine rings is 1. The van der Waals surface area contributed by atoms with Crippen LogP contribution < -0.4 is 15.4 Å². The van der Waals surface area contributed by atoms with Crippen LogP contribution in [0.5, 0.6) is 0 Å². The van der Waals surface area contributed by atoms with Crippen LogP contribution in [-0.4, -0.2) is 79.5 Å². The van der Waals surface area contributed by atoms with Crippen molar-refractivity contribution in [3.63, 3.8) is 0 Å². The topological polar surface area (TPSA) is 116 Å². The molecule has 0 aliphatic carbocycles. The number of rotatable bonds is 12. The molecule has 1 aliphatic rings. The van der Waals surface area contributed by atoms with Crippen LogP contribution in [0.15, 0.2) is 41.4 Å². The van der Waals surface area contributed by atoms with E-state index in [4.69, 9.17) is 4.98 Å². The van der Waals surface area contributed by atoms with Crippen LogP contribution in [-0.2, 0) is 15.4 Å². The molecule has 1 saturated heterocycles. The van der Waals surface area contributed by atoms with Crippen LogP contribution in [0, 0.1) is 5.92 Å². The number of hydrogen-bond donors (Lipinski definition) is 3. The van der Waals surface area contributed by atoms with E-state index in [0.29, 0.717) is 49.8 Å². The average molecular weight is 650 g/mol. The number of carbonyl (C=O) groups excluding carboxylic acids is 1. The second kappa shape index (κ2) is 16.9. The predicted molar refractivity (Wildman–Crippen MR) is 174 cm³/mol. The first-order valence-corrected chi connectivity index (χ1v) is 16.5. The lowest BCUT2D eigenvalue weighted by Gasteiger charge is -2.39. The monoisotopic (exact) mass is 648 g/mol. The number of aromatic nitrogens is 2. The van der Waals surface area contributed by atoms with Gasteiger partial charge in [0.1, 0.15) is 17.2 Å². The average Bonchev–Trinajstić information content (AvgIpc) is 2.89. The minimum absolute atomic E-state index is 0. The Balaban J connectivity index is 0.00000420. The van der Waals surface area contributed by atoms with Crippen LogP contribution in [0.1, 0.15) is 63.6 Å². The number of hydrogen-bond acceptors (Lipinski definition) is 8. The fraction of sp³-hybridized carbons (Fsp3) is 0.607. The minimum atomic E-state index is -3.67. The Kier molecular flexibility index (Phi) is 15.4. The third kappa shape index (κ3) is 10.9. The third-order valence-electron chi connectivity index (χ3n) is 6.47. The van der Waals surface area contributed by atoms with Gasteiger partial charge in [-0.05, 0) is 42.9 Å². The van der Waals surface area contributed by atoms with Crippen LogP contribution in [0.25, 0.3) is 0 Å². The van der Waals surface area contributed by atoms with E-state index in [2.05, 4.69) is 61.2 Å². The molecule has 1 aliphatic heterocycles. The van der Waals surface area contributed by atoms with Crippen molar-refractivity contribution >= 4 is 58.3 Å². The molecular formula is C28H46Cl2N6O3S2. The standard InChI is InChI=1S/C28H44N6O3S2.2ClH/c1-20(2)19-34(22-15-21(16-29-17-22)33-39(36,37)23-11-8-7-9-12-23)26(35)24-18-31-27(28(3,4)5)32-25(24)30-13-10-14-38-6;;/h7-9,11-12,18,20-22,29,33H,10,13-17,19H2,1-6H3,(H,30,31,32);2*1H/t21-,22+;;/m1../s1. The van der Waals surface area contributed by atoms with Crippen molar-refractivity contribution in [2.75, 3.05) is 43.5 Å². The SMILES string of the molecule is CSCCCNc1nc(C(C)(C)C)ncc1C(=O)N(CC(C)C)[C@@H]1CNC[C@H](NS(=O)(=O)c2ccccc2)C1.Cl.Cl. The van der Waals surface area contributed by atoms with Gasteiger partial charge in [0.25, 0.3) is 5.91 Å². The van der Waals surface area contributed by atoms with Crippen LogP contribution in [0.3, 0.4) is 0 Å². The molecule has 3 N–H and O–H groups in total. The van der Waals surface area contributed by atoms with Crippen molar-refractivity contribution in [1.82, 2.24) is 24.9 Å². The number of nitrogens with zero attached hydrogens (tertiary/aromatic N) is 3. The van der Waals surface area contributed by atoms with Crippen molar-refractivity contribution in [2.45, 2.75) is 69.9 Å². The second-order valence-electron chi connectivity index (χ2n) is 11.5. The van der Waals surface area contributed by atoms with Crippen molar-refractivity contribution in [1.29, 1.82) is 0 Å². The van der Waals surface area contributed by atoms with Gasteiger partial charge in [-0.15, -0.1) is 24.8 Å². The van der Waals surface area contributed by atoms with E-state index in [1.807, 2.05) is 4.90 Å². The molecule has 1 fully saturated rings. The lowest BCUT2D eigenvalue weighted by atomic mass is 9.95. The highest BCUT2D eigenvalue weighted by Gasteiger charge is 2.34. The molecule has 0 bridgehead atoms. The lowest BCUT2D eigenvalue weighted by Crippen LogP contribution is -2.57. The molecule has 1 amide bonds. The highest BCUT2D eigenvalue weighted by molar-refractivity contribution is 7.98. The molecular weight excluding hydrogens is 603 g/mol. The van der Waals surface area contributed by atoms with Gasteiger partial charge in [-0.2, -0.15) is 11.8 Å². The Labute approximate surface area is 262 Å². The fourth-order valence-corrected chi connectivity index (χ4v) is 6.24. The molecule has 1 aromatic heterocycles. The van der Waals surface area contributed by atoms with Crippen LogP contribution in [0.2, 0.25) is 0 Å². The van der Waals surface area contributed by atoms with Gasteiger partial charge in [-0.1, -0.05) is 52.8 Å². The van der Waals surface area contributed by atoms with Crippen molar-refractivity contribution < 1.29 is 13.2 Å². The Morgan fingerprint density at radius 2 is 1.85 bits per heavy atom. The summed E-state index contributed by atoms with van der Waals surface area (Å²) in [5.74, 6) is 2.33. The van der Waals surface area contributed by atoms with Gasteiger partial charge in [0.05, 0.1) is 4.90 Å². The Morgan fingerprint density at radius 1 is 1.17 bits per heavy atom. The van der Waals surface area contributed by atoms with Gasteiger partial charge in [-0.25, -0.2) is 23.1 Å². The summed E-state index contributed by atoms with van der Waals surface area (Å²) in [6.07, 6.45) is 5.18. The van der Waals surface area contributed by atoms with Crippen molar-refractivity contribution in [2.24, 2.45) is 5.92 Å². The molecule has 232 valence electrons. The number of halogens is 2. The summed E-state index contributed by atoms with van der Waals surface area (Å²) >= 11 is 1.78. The largest absolute Gasteiger partial charge is 0.369 e. The van der Waals surface area contributed by atoms with Crippen LogP contribution >= 0.6 is 36.6 Å². The molecule has 2 aromatic rings. The highest BCUT2D eigenvalue weighted by atomic mass is 35.5. The maximum absolute atomic E-state index is 14.1. The summed E-state index contributed by atoms with van der Waals surface area (Å²) in [6.45, 7) is 12.6. The molecule has 13 heteroatoms. The van der Waals surface area contributed by atoms with Gasteiger partial charge in [-0.3, -0.25) is 4.79 Å². The first kappa shape index (κ1) is 37.4. The summed E-state index contributed by atoms with van der Waals surface area (Å²) in [5.41, 5.74) is 0.186. The zero-order chi connectivity index (χ0) is 28.6. The Hall–Kier alpha value is -1.63. The van der Waals surface area contributed by atoms with E-state index in [0.717, 1.165) is 12.2 Å². The number of sulfonamides is 1. The third-order valence-corrected chi connectivity index (χ3v) is 8.71. The smallest absolute Gasteiger partial charge is 0.259 e. The second-order valence-corrected chi connectivity index (χ2v) is 14.2. The molecule has 0 radical (unpaired) electrons. The maximum Gasteiger partial charge on any atom is 0.259 e. The zero-order valence-electron chi connectivity index (χ0n) is 24.8. The fourth-order valence-electron chi connectivity index (χ4n) is 4.54. The van der Waals surface area contributed by atoms with Crippen LogP contribution in [0.4, 0.5) is 5.82 Å². The summed E-state index contributed by atoms with van der Waals surface area (Å²) in [4.78, 5) is 25.5. The number of carbonyl (C=O) groups is 1. The molecule has 9 nitrogen and oxygen atoms in total. The Morgan fingerprint density at radius 3 is 2.46 bits per heavy atom. The van der Waals surface area contributed by atoms with E-state index >= 15 is 0 Å². The quantitative estimate of drug-likeness (QED) is 0.286. The normalized spacial score (nSPS) is 17.3. The van der Waals surface area contributed by atoms with Gasteiger partial charge in [0.2, 0.25) is 10.0 Å². The summed E-state index contributed by atoms with van der Waals surface area (Å²) in [6, 6.07) is 7.83. The first-order valence-electron chi connectivity index (χ1n) is 13.6. The number of anilines is 1. The van der Waals surface area contributed by atoms with E-state index < -0.39 is 10.0 Å². The minimum Gasteiger partial charge on any atom is -0.369 e. The Bertz CT molecular complexity index is 1200. The van der Waals surface area contributed by atoms with Crippen molar-refractivity contribution in [3.8, 4) is 0 Å². The summed E-state index contributed by atoms with van der Waals surface area (Å²) in [5, 5.41) is 6.73. The molecule has 0 saturated carbocycles. The molecule has 3 rings (SSSR count). The number of thioether (sulfide) groups is 1. The van der Waals surface area contributed by atoms with Gasteiger partial charge >= 0.3 is 0 Å². The van der Waals surface area contributed by atoms with E-state index in [1.54, 1.807) is 48.3 Å². The number of nitrogens with one attached hydrogen (secondary N) is 3. The predicted octanol–water partition coefficient (Wildman–Crippen LogP) is 4.59. The zero-order valence-corrected chi connectivity index (χ0v) is 28.1. The van der Waals surface area contributed by atoms with Crippen molar-refractivity contribution in [3.05, 3.63) is 47.9 Å². The first-order chi connectivity index (χ1) is 18.4. The number of amides is 1. The molecule has 0 spiro atoms. The van der Waals surface area contributed by atoms with Gasteiger partial charge in [0, 0.05) is 49.9 Å². The molecule has 2 atom stereocenters. The maximum atomic E-state index is 14.1. The summed E-state index contributed by atoms with van der Waals surface area (Å²) in [7, 11) is -3.67. The lowest BCUT2D eigenvalue weighted by molar-refractivity contribution is 0.0608. The van der Waals surface area contributed by atoms with Gasteiger partial charge in [0.15, 0.2) is 0 Å². The molecule has 0 unspecified atom stereocenters. The van der Waals surface area contributed by atoms with E-state index in [-0.39, 0.29) is 59.0 Å². The highest BCUT2D eigenvalue weighted by Crippen LogP contribution is 2.25. The summed E-state index contributed by atoms with van der Waals surface area (Å²) < 4.78 is 28.8. The van der Waals surface area contributed by atoms with E-state index in [9.17, 15) is 13.2 Å². The number of benzene rings is 1. The molecule has 41 heavy (non-hydrogen) atoms. The van der Waals surface area contributed by atoms with Gasteiger partial charge < -0.3 is 15.5 Å². The molecule has 1 aromatic carbocycles.